The van der Waals surface area contributed by atoms with E-state index in [2.05, 4.69) is 57.5 Å². The number of primary amides is 1. The maximum atomic E-state index is 14.9. The van der Waals surface area contributed by atoms with Gasteiger partial charge in [0.05, 0.1) is 11.4 Å². The van der Waals surface area contributed by atoms with Crippen molar-refractivity contribution < 1.29 is 38.4 Å². The van der Waals surface area contributed by atoms with Gasteiger partial charge in [-0.2, -0.15) is 0 Å². The predicted molar refractivity (Wildman–Crippen MR) is 313 cm³/mol. The van der Waals surface area contributed by atoms with Crippen molar-refractivity contribution in [2.24, 2.45) is 17.2 Å². The van der Waals surface area contributed by atoms with Crippen LogP contribution >= 0.6 is 11.8 Å². The van der Waals surface area contributed by atoms with Crippen LogP contribution in [0, 0.1) is 0 Å². The van der Waals surface area contributed by atoms with Crippen LogP contribution in [0.3, 0.4) is 0 Å². The Hall–Kier alpha value is -8.06. The average Bonchev–Trinajstić information content (AvgIpc) is 4.32. The molecule has 0 saturated heterocycles. The van der Waals surface area contributed by atoms with Crippen molar-refractivity contribution in [2.45, 2.75) is 151 Å². The number of amides is 8. The van der Waals surface area contributed by atoms with Crippen molar-refractivity contribution in [3.05, 3.63) is 121 Å². The standard InChI is InChI=1S/C58H77N15O8S/c1-3-4-20-43(66-35(2)74)51(76)67-44-22-12-13-27-73-32-38-17-8-9-19-41(38)57(73)82-33-49(50(59)75)72-54(79)46(25-24-37-30-64-42-21-11-10-18-40(37)42)69-52(77)45(23-14-26-63-58(60)61)68-55(80)47(28-36-15-6-5-7-16-36)70-56(81)48(71-53(44)78)29-39-31-62-34-65-39/h5-11,15-19,21,30-32,34,43-49,58,63-64H,3-4,12-14,20,22-29,33,60-61H2,1-2H3,(H2,59,75)(H,62,65)(H,66,74)(H,67,76)(H,68,80)(H,69,77)(H,70,81)(H,71,78)(H,72,79)/t43-,44-,45-,46-,47+,48-,49-/m0/s1. The van der Waals surface area contributed by atoms with Gasteiger partial charge in [0.2, 0.25) is 47.3 Å². The SMILES string of the molecule is CCCC[C@H](NC(C)=O)C(=O)N[C@H]1CCCCn2cc3ccccc3c2SC[C@@H](C(N)=O)NC(=O)[C@H](CCc2c[nH]c3ccccc23)NC(=O)[C@H](CCCNC(N)N)NC(=O)[C@@H](Cc2ccccc2)NC(=O)[C@H](Cc2cnc[nH]2)NC1=O. The fraction of sp³-hybridized carbons (Fsp3) is 0.431. The Balaban J connectivity index is 1.27. The van der Waals surface area contributed by atoms with Crippen LogP contribution in [0.25, 0.3) is 21.7 Å². The number of hydrogen-bond donors (Lipinski definition) is 13. The molecule has 0 saturated carbocycles. The Morgan fingerprint density at radius 3 is 2.12 bits per heavy atom. The number of nitrogens with two attached hydrogens (primary N) is 3. The normalized spacial score (nSPS) is 20.6. The van der Waals surface area contributed by atoms with Gasteiger partial charge in [-0.05, 0) is 75.1 Å². The van der Waals surface area contributed by atoms with Crippen molar-refractivity contribution in [3.63, 3.8) is 0 Å². The number of thioether (sulfide) groups is 1. The Morgan fingerprint density at radius 1 is 0.756 bits per heavy atom. The molecule has 23 nitrogen and oxygen atoms in total. The van der Waals surface area contributed by atoms with E-state index in [9.17, 15) is 38.4 Å². The van der Waals surface area contributed by atoms with Gasteiger partial charge in [0.1, 0.15) is 48.6 Å². The van der Waals surface area contributed by atoms with Gasteiger partial charge in [0.25, 0.3) is 0 Å². The van der Waals surface area contributed by atoms with Crippen LogP contribution in [0.5, 0.6) is 0 Å². The van der Waals surface area contributed by atoms with Gasteiger partial charge in [-0.3, -0.25) is 43.7 Å². The van der Waals surface area contributed by atoms with E-state index in [1.165, 1.54) is 31.2 Å². The molecule has 0 aliphatic carbocycles. The minimum absolute atomic E-state index is 0.0150. The summed E-state index contributed by atoms with van der Waals surface area (Å²) in [5, 5.41) is 26.3. The van der Waals surface area contributed by atoms with Crippen LogP contribution in [0.4, 0.5) is 0 Å². The molecule has 0 bridgehead atoms. The highest BCUT2D eigenvalue weighted by Gasteiger charge is 2.35. The van der Waals surface area contributed by atoms with Gasteiger partial charge in [0.15, 0.2) is 0 Å². The van der Waals surface area contributed by atoms with Crippen molar-refractivity contribution in [3.8, 4) is 0 Å². The highest BCUT2D eigenvalue weighted by atomic mass is 32.2. The third-order valence-corrected chi connectivity index (χ3v) is 15.6. The largest absolute Gasteiger partial charge is 0.368 e. The predicted octanol–water partition coefficient (Wildman–Crippen LogP) is 1.90. The molecule has 438 valence electrons. The number of aromatic amines is 2. The Kier molecular flexibility index (Phi) is 23.0. The Bertz CT molecular complexity index is 3110. The van der Waals surface area contributed by atoms with Gasteiger partial charge in [0, 0.05) is 78.0 Å². The zero-order valence-electron chi connectivity index (χ0n) is 46.3. The summed E-state index contributed by atoms with van der Waals surface area (Å²) in [5.41, 5.74) is 20.5. The molecule has 3 aromatic carbocycles. The molecule has 0 unspecified atom stereocenters. The number of unbranched alkanes of at least 4 members (excludes halogenated alkanes) is 1. The maximum Gasteiger partial charge on any atom is 0.243 e. The molecule has 24 heteroatoms. The number of para-hydroxylation sites is 1. The van der Waals surface area contributed by atoms with Crippen LogP contribution in [0.1, 0.15) is 88.5 Å². The summed E-state index contributed by atoms with van der Waals surface area (Å²) >= 11 is 1.32. The van der Waals surface area contributed by atoms with E-state index in [1.54, 1.807) is 30.3 Å². The molecule has 3 aromatic heterocycles. The summed E-state index contributed by atoms with van der Waals surface area (Å²) in [7, 11) is 0. The number of aromatic nitrogens is 4. The zero-order chi connectivity index (χ0) is 58.5. The molecule has 0 radical (unpaired) electrons. The van der Waals surface area contributed by atoms with E-state index in [0.717, 1.165) is 38.7 Å². The summed E-state index contributed by atoms with van der Waals surface area (Å²) in [6, 6.07) is 15.7. The number of carbonyl (C=O) groups excluding carboxylic acids is 8. The first-order valence-electron chi connectivity index (χ1n) is 28.0. The number of carbonyl (C=O) groups is 8. The molecule has 16 N–H and O–H groups in total. The highest BCUT2D eigenvalue weighted by Crippen LogP contribution is 2.31. The molecular formula is C58H77N15O8S. The van der Waals surface area contributed by atoms with Crippen LogP contribution in [-0.4, -0.2) is 128 Å². The third-order valence-electron chi connectivity index (χ3n) is 14.3. The van der Waals surface area contributed by atoms with E-state index < -0.39 is 95.8 Å². The van der Waals surface area contributed by atoms with E-state index in [0.29, 0.717) is 49.9 Å². The third kappa shape index (κ3) is 18.0. The second kappa shape index (κ2) is 30.7. The van der Waals surface area contributed by atoms with E-state index in [1.807, 2.05) is 72.4 Å². The monoisotopic (exact) mass is 1140 g/mol. The quantitative estimate of drug-likeness (QED) is 0.0408. The van der Waals surface area contributed by atoms with Crippen molar-refractivity contribution in [1.29, 1.82) is 0 Å². The number of H-pyrrole nitrogens is 2. The molecule has 7 atom stereocenters. The first-order chi connectivity index (χ1) is 39.6. The summed E-state index contributed by atoms with van der Waals surface area (Å²) in [4.78, 5) is 124. The first kappa shape index (κ1) is 61.6. The second-order valence-electron chi connectivity index (χ2n) is 20.7. The number of benzene rings is 3. The molecule has 7 rings (SSSR count). The molecule has 0 fully saturated rings. The van der Waals surface area contributed by atoms with E-state index in [-0.39, 0.29) is 50.8 Å². The lowest BCUT2D eigenvalue weighted by atomic mass is 10.0. The Labute approximate surface area is 480 Å². The second-order valence-corrected chi connectivity index (χ2v) is 21.7. The lowest BCUT2D eigenvalue weighted by Crippen LogP contribution is -2.60. The van der Waals surface area contributed by atoms with Crippen molar-refractivity contribution in [2.75, 3.05) is 12.3 Å². The fourth-order valence-electron chi connectivity index (χ4n) is 9.96. The smallest absolute Gasteiger partial charge is 0.243 e. The molecule has 4 heterocycles. The number of nitrogens with one attached hydrogen (secondary N) is 10. The molecule has 1 aliphatic heterocycles. The fourth-order valence-corrected chi connectivity index (χ4v) is 11.2. The first-order valence-corrected chi connectivity index (χ1v) is 28.9. The lowest BCUT2D eigenvalue weighted by molar-refractivity contribution is -0.135. The number of hydrogen-bond acceptors (Lipinski definition) is 13. The molecule has 8 amide bonds. The number of imidazole rings is 1. The molecule has 82 heavy (non-hydrogen) atoms. The van der Waals surface area contributed by atoms with Crippen LogP contribution in [0.15, 0.2) is 109 Å². The number of fused-ring (bicyclic) bond motifs is 4. The van der Waals surface area contributed by atoms with Crippen LogP contribution in [-0.2, 0) is 64.2 Å². The summed E-state index contributed by atoms with van der Waals surface area (Å²) in [5.74, 6) is -5.39. The van der Waals surface area contributed by atoms with Crippen LogP contribution in [0.2, 0.25) is 0 Å². The minimum atomic E-state index is -1.34. The van der Waals surface area contributed by atoms with E-state index >= 15 is 0 Å². The average molecular weight is 1140 g/mol. The van der Waals surface area contributed by atoms with Crippen molar-refractivity contribution in [1.82, 2.24) is 62.1 Å². The van der Waals surface area contributed by atoms with Gasteiger partial charge < -0.3 is 69.0 Å². The zero-order valence-corrected chi connectivity index (χ0v) is 47.2. The molecule has 1 aliphatic rings. The summed E-state index contributed by atoms with van der Waals surface area (Å²) < 4.78 is 2.03. The molecular weight excluding hydrogens is 1070 g/mol. The van der Waals surface area contributed by atoms with Gasteiger partial charge >= 0.3 is 0 Å². The maximum absolute atomic E-state index is 14.9. The van der Waals surface area contributed by atoms with Crippen LogP contribution < -0.4 is 59.7 Å². The Morgan fingerprint density at radius 2 is 1.41 bits per heavy atom. The van der Waals surface area contributed by atoms with Gasteiger partial charge in [-0.1, -0.05) is 92.6 Å². The van der Waals surface area contributed by atoms with Gasteiger partial charge in [-0.25, -0.2) is 4.98 Å². The van der Waals surface area contributed by atoms with Crippen molar-refractivity contribution >= 4 is 80.7 Å². The minimum Gasteiger partial charge on any atom is -0.368 e. The molecule has 6 aromatic rings. The lowest BCUT2D eigenvalue weighted by Gasteiger charge is -2.28. The summed E-state index contributed by atoms with van der Waals surface area (Å²) in [6.45, 7) is 3.95. The molecule has 0 spiro atoms. The topological polar surface area (TPSA) is 360 Å². The number of aryl methyl sites for hydroxylation is 2. The van der Waals surface area contributed by atoms with Gasteiger partial charge in [-0.15, -0.1) is 11.8 Å². The number of nitrogens with zero attached hydrogens (tertiary/aromatic N) is 2. The summed E-state index contributed by atoms with van der Waals surface area (Å²) in [6.07, 6.45) is 9.09. The number of rotatable bonds is 19. The van der Waals surface area contributed by atoms with E-state index in [4.69, 9.17) is 17.2 Å². The highest BCUT2D eigenvalue weighted by molar-refractivity contribution is 7.99.